The summed E-state index contributed by atoms with van der Waals surface area (Å²) in [5.41, 5.74) is 1.52. The molecular formula is C15H21BrN2O2. The standard InChI is InChI=1S/C15H21BrN2O2/c1-4-10(2)18-14(19)8-9-17-15(20)12-6-5-7-13(16)11(12)3/h5-7,10H,4,8-9H2,1-3H3,(H,17,20)(H,18,19). The number of carbonyl (C=O) groups excluding carboxylic acids is 2. The Morgan fingerprint density at radius 2 is 2.05 bits per heavy atom. The topological polar surface area (TPSA) is 58.2 Å². The van der Waals surface area contributed by atoms with Crippen molar-refractivity contribution in [1.29, 1.82) is 0 Å². The van der Waals surface area contributed by atoms with E-state index in [0.29, 0.717) is 18.5 Å². The number of benzene rings is 1. The van der Waals surface area contributed by atoms with Crippen LogP contribution in [-0.2, 0) is 4.79 Å². The van der Waals surface area contributed by atoms with Gasteiger partial charge in [-0.1, -0.05) is 28.9 Å². The summed E-state index contributed by atoms with van der Waals surface area (Å²) in [6.07, 6.45) is 1.19. The summed E-state index contributed by atoms with van der Waals surface area (Å²) < 4.78 is 0.902. The van der Waals surface area contributed by atoms with E-state index in [4.69, 9.17) is 0 Å². The lowest BCUT2D eigenvalue weighted by Gasteiger charge is -2.12. The van der Waals surface area contributed by atoms with Gasteiger partial charge in [0.15, 0.2) is 0 Å². The molecule has 110 valence electrons. The van der Waals surface area contributed by atoms with Gasteiger partial charge >= 0.3 is 0 Å². The molecule has 0 aliphatic heterocycles. The highest BCUT2D eigenvalue weighted by Gasteiger charge is 2.11. The maximum absolute atomic E-state index is 12.0. The average molecular weight is 341 g/mol. The fraction of sp³-hybridized carbons (Fsp3) is 0.467. The van der Waals surface area contributed by atoms with Crippen molar-refractivity contribution in [3.05, 3.63) is 33.8 Å². The van der Waals surface area contributed by atoms with Gasteiger partial charge in [0.1, 0.15) is 0 Å². The average Bonchev–Trinajstić information content (AvgIpc) is 2.41. The van der Waals surface area contributed by atoms with Gasteiger partial charge in [0.2, 0.25) is 5.91 Å². The van der Waals surface area contributed by atoms with Crippen molar-refractivity contribution >= 4 is 27.7 Å². The minimum absolute atomic E-state index is 0.0365. The van der Waals surface area contributed by atoms with E-state index in [9.17, 15) is 9.59 Å². The van der Waals surface area contributed by atoms with Gasteiger partial charge in [0.25, 0.3) is 5.91 Å². The fourth-order valence-corrected chi connectivity index (χ4v) is 2.05. The minimum atomic E-state index is -0.153. The molecule has 0 spiro atoms. The first-order valence-corrected chi connectivity index (χ1v) is 7.57. The second-order valence-corrected chi connectivity index (χ2v) is 5.65. The highest BCUT2D eigenvalue weighted by Crippen LogP contribution is 2.19. The molecule has 0 aliphatic carbocycles. The Bertz CT molecular complexity index is 489. The fourth-order valence-electron chi connectivity index (χ4n) is 1.69. The number of halogens is 1. The SMILES string of the molecule is CCC(C)NC(=O)CCNC(=O)c1cccc(Br)c1C. The first kappa shape index (κ1) is 16.7. The molecule has 0 radical (unpaired) electrons. The van der Waals surface area contributed by atoms with Gasteiger partial charge in [0.05, 0.1) is 0 Å². The smallest absolute Gasteiger partial charge is 0.251 e. The van der Waals surface area contributed by atoms with Gasteiger partial charge in [-0.15, -0.1) is 0 Å². The van der Waals surface area contributed by atoms with Crippen LogP contribution >= 0.6 is 15.9 Å². The van der Waals surface area contributed by atoms with Crippen LogP contribution in [0, 0.1) is 6.92 Å². The lowest BCUT2D eigenvalue weighted by molar-refractivity contribution is -0.121. The zero-order valence-electron chi connectivity index (χ0n) is 12.1. The quantitative estimate of drug-likeness (QED) is 0.836. The lowest BCUT2D eigenvalue weighted by Crippen LogP contribution is -2.35. The molecule has 0 bridgehead atoms. The van der Waals surface area contributed by atoms with E-state index < -0.39 is 0 Å². The van der Waals surface area contributed by atoms with E-state index in [-0.39, 0.29) is 17.9 Å². The Hall–Kier alpha value is -1.36. The summed E-state index contributed by atoms with van der Waals surface area (Å²) in [4.78, 5) is 23.6. The van der Waals surface area contributed by atoms with Gasteiger partial charge < -0.3 is 10.6 Å². The molecule has 4 nitrogen and oxygen atoms in total. The number of nitrogens with one attached hydrogen (secondary N) is 2. The van der Waals surface area contributed by atoms with Crippen molar-refractivity contribution in [2.45, 2.75) is 39.7 Å². The first-order chi connectivity index (χ1) is 9.45. The van der Waals surface area contributed by atoms with Crippen molar-refractivity contribution in [2.24, 2.45) is 0 Å². The molecule has 0 saturated heterocycles. The van der Waals surface area contributed by atoms with Gasteiger partial charge in [-0.3, -0.25) is 9.59 Å². The molecule has 0 aromatic heterocycles. The lowest BCUT2D eigenvalue weighted by atomic mass is 10.1. The van der Waals surface area contributed by atoms with Gasteiger partial charge in [0, 0.05) is 29.0 Å². The van der Waals surface area contributed by atoms with Crippen LogP contribution in [0.1, 0.15) is 42.6 Å². The van der Waals surface area contributed by atoms with Crippen LogP contribution in [0.25, 0.3) is 0 Å². The molecular weight excluding hydrogens is 320 g/mol. The summed E-state index contributed by atoms with van der Waals surface area (Å²) in [6.45, 7) is 6.20. The van der Waals surface area contributed by atoms with Crippen molar-refractivity contribution in [1.82, 2.24) is 10.6 Å². The van der Waals surface area contributed by atoms with Crippen molar-refractivity contribution < 1.29 is 9.59 Å². The van der Waals surface area contributed by atoms with Crippen LogP contribution in [-0.4, -0.2) is 24.4 Å². The van der Waals surface area contributed by atoms with Crippen LogP contribution in [0.3, 0.4) is 0 Å². The van der Waals surface area contributed by atoms with Crippen LogP contribution < -0.4 is 10.6 Å². The molecule has 1 atom stereocenters. The summed E-state index contributed by atoms with van der Waals surface area (Å²) in [5, 5.41) is 5.63. The number of amides is 2. The molecule has 0 heterocycles. The molecule has 1 aromatic rings. The van der Waals surface area contributed by atoms with Crippen molar-refractivity contribution in [3.8, 4) is 0 Å². The Balaban J connectivity index is 2.44. The maximum Gasteiger partial charge on any atom is 0.251 e. The summed E-state index contributed by atoms with van der Waals surface area (Å²) in [5.74, 6) is -0.189. The van der Waals surface area contributed by atoms with Crippen molar-refractivity contribution in [3.63, 3.8) is 0 Å². The van der Waals surface area contributed by atoms with E-state index in [1.165, 1.54) is 0 Å². The third-order valence-corrected chi connectivity index (χ3v) is 4.03. The van der Waals surface area contributed by atoms with E-state index >= 15 is 0 Å². The third-order valence-electron chi connectivity index (χ3n) is 3.17. The minimum Gasteiger partial charge on any atom is -0.354 e. The molecule has 20 heavy (non-hydrogen) atoms. The molecule has 0 fully saturated rings. The third kappa shape index (κ3) is 4.96. The Kier molecular flexibility index (Phi) is 6.71. The second kappa shape index (κ2) is 8.04. The van der Waals surface area contributed by atoms with Crippen LogP contribution in [0.5, 0.6) is 0 Å². The zero-order valence-corrected chi connectivity index (χ0v) is 13.7. The van der Waals surface area contributed by atoms with Gasteiger partial charge in [-0.25, -0.2) is 0 Å². The van der Waals surface area contributed by atoms with Gasteiger partial charge in [-0.2, -0.15) is 0 Å². The molecule has 1 rings (SSSR count). The van der Waals surface area contributed by atoms with Gasteiger partial charge in [-0.05, 0) is 38.0 Å². The van der Waals surface area contributed by atoms with E-state index in [2.05, 4.69) is 26.6 Å². The van der Waals surface area contributed by atoms with E-state index in [1.807, 2.05) is 32.9 Å². The Morgan fingerprint density at radius 1 is 1.35 bits per heavy atom. The van der Waals surface area contributed by atoms with Crippen LogP contribution in [0.2, 0.25) is 0 Å². The highest BCUT2D eigenvalue weighted by molar-refractivity contribution is 9.10. The molecule has 0 saturated carbocycles. The van der Waals surface area contributed by atoms with E-state index in [1.54, 1.807) is 6.07 Å². The number of hydrogen-bond acceptors (Lipinski definition) is 2. The second-order valence-electron chi connectivity index (χ2n) is 4.80. The predicted molar refractivity (Wildman–Crippen MR) is 83.7 cm³/mol. The summed E-state index contributed by atoms with van der Waals surface area (Å²) in [6, 6.07) is 5.66. The normalized spacial score (nSPS) is 11.8. The summed E-state index contributed by atoms with van der Waals surface area (Å²) in [7, 11) is 0. The number of hydrogen-bond donors (Lipinski definition) is 2. The van der Waals surface area contributed by atoms with Crippen LogP contribution in [0.15, 0.2) is 22.7 Å². The largest absolute Gasteiger partial charge is 0.354 e. The molecule has 1 aromatic carbocycles. The molecule has 2 amide bonds. The first-order valence-electron chi connectivity index (χ1n) is 6.78. The molecule has 5 heteroatoms. The zero-order chi connectivity index (χ0) is 15.1. The summed E-state index contributed by atoms with van der Waals surface area (Å²) >= 11 is 3.40. The highest BCUT2D eigenvalue weighted by atomic mass is 79.9. The van der Waals surface area contributed by atoms with Crippen LogP contribution in [0.4, 0.5) is 0 Å². The monoisotopic (exact) mass is 340 g/mol. The molecule has 0 aliphatic rings. The Labute approximate surface area is 128 Å². The molecule has 2 N–H and O–H groups in total. The maximum atomic E-state index is 12.0. The number of carbonyl (C=O) groups is 2. The number of rotatable bonds is 6. The van der Waals surface area contributed by atoms with Crippen molar-refractivity contribution in [2.75, 3.05) is 6.54 Å². The predicted octanol–water partition coefficient (Wildman–Crippen LogP) is 2.79. The molecule has 1 unspecified atom stereocenters. The Morgan fingerprint density at radius 3 is 2.70 bits per heavy atom. The van der Waals surface area contributed by atoms with E-state index in [0.717, 1.165) is 16.5 Å².